The predicted molar refractivity (Wildman–Crippen MR) is 126 cm³/mol. The first-order valence-corrected chi connectivity index (χ1v) is 10.3. The summed E-state index contributed by atoms with van der Waals surface area (Å²) in [7, 11) is 0. The van der Waals surface area contributed by atoms with Crippen LogP contribution < -0.4 is 0 Å². The second kappa shape index (κ2) is 4.92. The van der Waals surface area contributed by atoms with Gasteiger partial charge in [-0.25, -0.2) is 0 Å². The van der Waals surface area contributed by atoms with E-state index >= 15 is 0 Å². The third kappa shape index (κ3) is 1.60. The van der Waals surface area contributed by atoms with Crippen LogP contribution in [0.15, 0.2) is 95.4 Å². The van der Waals surface area contributed by atoms with E-state index in [0.717, 1.165) is 11.2 Å². The number of hydrogen-bond acceptors (Lipinski definition) is 1. The fraction of sp³-hybridized carbons (Fsp3) is 0. The first kappa shape index (κ1) is 14.9. The van der Waals surface area contributed by atoms with Gasteiger partial charge in [-0.1, -0.05) is 60.7 Å². The number of aromatic nitrogens is 1. The van der Waals surface area contributed by atoms with Crippen LogP contribution in [0.4, 0.5) is 0 Å². The molecule has 2 nitrogen and oxygen atoms in total. The summed E-state index contributed by atoms with van der Waals surface area (Å²) in [6.45, 7) is 0. The highest BCUT2D eigenvalue weighted by Crippen LogP contribution is 2.44. The van der Waals surface area contributed by atoms with Gasteiger partial charge in [0.05, 0.1) is 21.9 Å². The minimum Gasteiger partial charge on any atom is -0.455 e. The second-order valence-electron chi connectivity index (χ2n) is 8.19. The molecule has 0 aliphatic rings. The summed E-state index contributed by atoms with van der Waals surface area (Å²) >= 11 is 0. The number of benzene rings is 5. The number of furan rings is 1. The quantitative estimate of drug-likeness (QED) is 0.261. The van der Waals surface area contributed by atoms with Crippen LogP contribution in [0, 0.1) is 0 Å². The van der Waals surface area contributed by atoms with Gasteiger partial charge in [-0.15, -0.1) is 0 Å². The number of rotatable bonds is 0. The third-order valence-electron chi connectivity index (χ3n) is 6.69. The van der Waals surface area contributed by atoms with Crippen molar-refractivity contribution in [2.75, 3.05) is 0 Å². The summed E-state index contributed by atoms with van der Waals surface area (Å²) < 4.78 is 8.82. The van der Waals surface area contributed by atoms with Crippen LogP contribution in [-0.4, -0.2) is 4.40 Å². The molecule has 5 aromatic carbocycles. The van der Waals surface area contributed by atoms with E-state index in [9.17, 15) is 0 Å². The zero-order valence-electron chi connectivity index (χ0n) is 16.0. The van der Waals surface area contributed by atoms with Crippen LogP contribution >= 0.6 is 0 Å². The van der Waals surface area contributed by atoms with E-state index in [1.165, 1.54) is 59.6 Å². The highest BCUT2D eigenvalue weighted by Gasteiger charge is 2.21. The lowest BCUT2D eigenvalue weighted by atomic mass is 10.0. The fourth-order valence-electron chi connectivity index (χ4n) is 5.43. The first-order valence-electron chi connectivity index (χ1n) is 10.3. The lowest BCUT2D eigenvalue weighted by molar-refractivity contribution is 0.673. The zero-order valence-corrected chi connectivity index (χ0v) is 16.0. The fourth-order valence-corrected chi connectivity index (χ4v) is 5.43. The molecule has 0 atom stereocenters. The van der Waals surface area contributed by atoms with Crippen molar-refractivity contribution in [3.8, 4) is 0 Å². The molecule has 0 amide bonds. The van der Waals surface area contributed by atoms with Crippen molar-refractivity contribution in [1.82, 2.24) is 4.40 Å². The van der Waals surface area contributed by atoms with Crippen molar-refractivity contribution in [3.05, 3.63) is 91.0 Å². The summed E-state index contributed by atoms with van der Waals surface area (Å²) in [5, 5.41) is 9.98. The molecule has 0 aliphatic heterocycles. The lowest BCUT2D eigenvalue weighted by Gasteiger charge is -2.01. The molecule has 0 unspecified atom stereocenters. The van der Waals surface area contributed by atoms with Crippen LogP contribution in [-0.2, 0) is 0 Å². The molecular formula is C28H15NO. The molecular weight excluding hydrogens is 366 g/mol. The molecule has 0 N–H and O–H groups in total. The highest BCUT2D eigenvalue weighted by atomic mass is 16.3. The zero-order chi connectivity index (χ0) is 19.4. The molecule has 8 rings (SSSR count). The van der Waals surface area contributed by atoms with Gasteiger partial charge in [0.15, 0.2) is 0 Å². The van der Waals surface area contributed by atoms with Crippen LogP contribution in [0.5, 0.6) is 0 Å². The van der Waals surface area contributed by atoms with Crippen molar-refractivity contribution in [2.45, 2.75) is 0 Å². The maximum Gasteiger partial charge on any atom is 0.145 e. The van der Waals surface area contributed by atoms with Crippen LogP contribution in [0.25, 0.3) is 70.8 Å². The number of nitrogens with zero attached hydrogens (tertiary/aromatic N) is 1. The van der Waals surface area contributed by atoms with Gasteiger partial charge in [0.25, 0.3) is 0 Å². The van der Waals surface area contributed by atoms with E-state index in [4.69, 9.17) is 4.42 Å². The average molecular weight is 381 g/mol. The second-order valence-corrected chi connectivity index (χ2v) is 8.19. The van der Waals surface area contributed by atoms with Crippen LogP contribution in [0.2, 0.25) is 0 Å². The van der Waals surface area contributed by atoms with Gasteiger partial charge >= 0.3 is 0 Å². The normalized spacial score (nSPS) is 12.7. The Morgan fingerprint density at radius 3 is 2.23 bits per heavy atom. The van der Waals surface area contributed by atoms with Crippen LogP contribution in [0.1, 0.15) is 0 Å². The van der Waals surface area contributed by atoms with Gasteiger partial charge in [-0.2, -0.15) is 0 Å². The Balaban J connectivity index is 1.70. The molecule has 3 aromatic heterocycles. The molecule has 8 aromatic rings. The van der Waals surface area contributed by atoms with E-state index < -0.39 is 0 Å². The molecule has 0 spiro atoms. The molecule has 0 bridgehead atoms. The predicted octanol–water partition coefficient (Wildman–Crippen LogP) is 7.89. The molecule has 0 saturated heterocycles. The van der Waals surface area contributed by atoms with Gasteiger partial charge < -0.3 is 8.82 Å². The van der Waals surface area contributed by atoms with E-state index in [1.54, 1.807) is 0 Å². The third-order valence-corrected chi connectivity index (χ3v) is 6.69. The monoisotopic (exact) mass is 381 g/mol. The molecule has 3 heterocycles. The Morgan fingerprint density at radius 2 is 1.30 bits per heavy atom. The van der Waals surface area contributed by atoms with E-state index in [-0.39, 0.29) is 0 Å². The van der Waals surface area contributed by atoms with Crippen molar-refractivity contribution in [1.29, 1.82) is 0 Å². The largest absolute Gasteiger partial charge is 0.455 e. The first-order chi connectivity index (χ1) is 14.9. The standard InChI is InChI=1S/C28H15NO/c1-2-7-17-15-24-22(14-16(17)6-1)19-9-5-10-21-26-23(29(24)27(19)21)13-12-20-18-8-3-4-11-25(18)30-28(20)26/h1-15H. The molecule has 138 valence electrons. The molecule has 0 fully saturated rings. The maximum absolute atomic E-state index is 6.40. The van der Waals surface area contributed by atoms with Crippen LogP contribution in [0.3, 0.4) is 0 Å². The SMILES string of the molecule is c1ccc2cc3c(cc2c1)c1cccc2c4c5oc6ccccc6c5ccc4n3c12. The smallest absolute Gasteiger partial charge is 0.145 e. The van der Waals surface area contributed by atoms with Crippen molar-refractivity contribution >= 4 is 70.8 Å². The minimum absolute atomic E-state index is 0.945. The topological polar surface area (TPSA) is 17.6 Å². The number of fused-ring (bicyclic) bond motifs is 11. The Hall–Kier alpha value is -4.04. The summed E-state index contributed by atoms with van der Waals surface area (Å²) in [5.74, 6) is 0. The number of hydrogen-bond donors (Lipinski definition) is 0. The van der Waals surface area contributed by atoms with E-state index in [1.807, 2.05) is 6.07 Å². The highest BCUT2D eigenvalue weighted by molar-refractivity contribution is 6.30. The van der Waals surface area contributed by atoms with Gasteiger partial charge in [-0.3, -0.25) is 0 Å². The minimum atomic E-state index is 0.945. The molecule has 0 saturated carbocycles. The average Bonchev–Trinajstić information content (AvgIpc) is 3.43. The molecule has 0 aliphatic carbocycles. The summed E-state index contributed by atoms with van der Waals surface area (Å²) in [6.07, 6.45) is 0. The van der Waals surface area contributed by atoms with Gasteiger partial charge in [0.2, 0.25) is 0 Å². The summed E-state index contributed by atoms with van der Waals surface area (Å²) in [6, 6.07) is 32.7. The van der Waals surface area contributed by atoms with Gasteiger partial charge in [0, 0.05) is 26.9 Å². The Morgan fingerprint density at radius 1 is 0.533 bits per heavy atom. The molecule has 30 heavy (non-hydrogen) atoms. The Bertz CT molecular complexity index is 1950. The van der Waals surface area contributed by atoms with Gasteiger partial charge in [0.1, 0.15) is 11.2 Å². The molecule has 2 heteroatoms. The Kier molecular flexibility index (Phi) is 2.44. The summed E-state index contributed by atoms with van der Waals surface area (Å²) in [4.78, 5) is 0. The Labute approximate surface area is 170 Å². The summed E-state index contributed by atoms with van der Waals surface area (Å²) in [5.41, 5.74) is 5.67. The van der Waals surface area contributed by atoms with Gasteiger partial charge in [-0.05, 0) is 41.1 Å². The lowest BCUT2D eigenvalue weighted by Crippen LogP contribution is -1.81. The van der Waals surface area contributed by atoms with Crippen molar-refractivity contribution in [3.63, 3.8) is 0 Å². The van der Waals surface area contributed by atoms with E-state index in [2.05, 4.69) is 89.3 Å². The molecule has 0 radical (unpaired) electrons. The van der Waals surface area contributed by atoms with E-state index in [0.29, 0.717) is 0 Å². The maximum atomic E-state index is 6.40. The van der Waals surface area contributed by atoms with Crippen molar-refractivity contribution < 1.29 is 4.42 Å². The van der Waals surface area contributed by atoms with Crippen molar-refractivity contribution in [2.24, 2.45) is 0 Å². The number of para-hydroxylation sites is 2.